The minimum absolute atomic E-state index is 0.260. The normalized spacial score (nSPS) is 12.7. The molecule has 0 radical (unpaired) electrons. The molecule has 17 heavy (non-hydrogen) atoms. The molecule has 0 spiro atoms. The first kappa shape index (κ1) is 14.2. The summed E-state index contributed by atoms with van der Waals surface area (Å²) in [4.78, 5) is 11.3. The number of benzene rings is 1. The SMILES string of the molecule is CCC(CC)C(Cc1ccc(Br)cc1)C(=O)O. The Labute approximate surface area is 111 Å². The van der Waals surface area contributed by atoms with Crippen molar-refractivity contribution in [3.8, 4) is 0 Å². The molecule has 0 fully saturated rings. The lowest BCUT2D eigenvalue weighted by Crippen LogP contribution is -2.25. The predicted octanol–water partition coefficient (Wildman–Crippen LogP) is 4.13. The van der Waals surface area contributed by atoms with Crippen LogP contribution in [0.25, 0.3) is 0 Å². The zero-order valence-corrected chi connectivity index (χ0v) is 11.9. The van der Waals surface area contributed by atoms with Gasteiger partial charge in [-0.15, -0.1) is 0 Å². The number of halogens is 1. The molecule has 0 heterocycles. The van der Waals surface area contributed by atoms with Crippen LogP contribution >= 0.6 is 15.9 Å². The zero-order chi connectivity index (χ0) is 12.8. The molecule has 1 N–H and O–H groups in total. The van der Waals surface area contributed by atoms with Crippen molar-refractivity contribution >= 4 is 21.9 Å². The molecule has 1 aromatic carbocycles. The Balaban J connectivity index is 2.79. The van der Waals surface area contributed by atoms with Gasteiger partial charge < -0.3 is 5.11 Å². The average Bonchev–Trinajstić information content (AvgIpc) is 2.31. The van der Waals surface area contributed by atoms with Crippen LogP contribution in [0.4, 0.5) is 0 Å². The van der Waals surface area contributed by atoms with Gasteiger partial charge in [0.05, 0.1) is 5.92 Å². The van der Waals surface area contributed by atoms with Crippen LogP contribution < -0.4 is 0 Å². The van der Waals surface area contributed by atoms with Gasteiger partial charge in [-0.3, -0.25) is 4.79 Å². The van der Waals surface area contributed by atoms with E-state index in [0.717, 1.165) is 22.9 Å². The van der Waals surface area contributed by atoms with E-state index in [2.05, 4.69) is 29.8 Å². The van der Waals surface area contributed by atoms with E-state index >= 15 is 0 Å². The van der Waals surface area contributed by atoms with Gasteiger partial charge in [-0.2, -0.15) is 0 Å². The molecular weight excluding hydrogens is 280 g/mol. The van der Waals surface area contributed by atoms with Gasteiger partial charge in [0.1, 0.15) is 0 Å². The van der Waals surface area contributed by atoms with E-state index in [9.17, 15) is 9.90 Å². The second kappa shape index (κ2) is 6.80. The summed E-state index contributed by atoms with van der Waals surface area (Å²) in [6, 6.07) is 7.90. The fourth-order valence-corrected chi connectivity index (χ4v) is 2.45. The zero-order valence-electron chi connectivity index (χ0n) is 10.3. The molecule has 1 aromatic rings. The van der Waals surface area contributed by atoms with Crippen LogP contribution in [0.5, 0.6) is 0 Å². The summed E-state index contributed by atoms with van der Waals surface area (Å²) in [6.45, 7) is 4.12. The van der Waals surface area contributed by atoms with Gasteiger partial charge in [-0.05, 0) is 30.0 Å². The number of carbonyl (C=O) groups is 1. The van der Waals surface area contributed by atoms with Crippen LogP contribution in [0.2, 0.25) is 0 Å². The third kappa shape index (κ3) is 4.15. The van der Waals surface area contributed by atoms with Crippen molar-refractivity contribution in [2.24, 2.45) is 11.8 Å². The van der Waals surface area contributed by atoms with E-state index in [1.165, 1.54) is 0 Å². The highest BCUT2D eigenvalue weighted by Gasteiger charge is 2.25. The maximum absolute atomic E-state index is 11.3. The summed E-state index contributed by atoms with van der Waals surface area (Å²) >= 11 is 3.38. The van der Waals surface area contributed by atoms with Crippen LogP contribution in [-0.2, 0) is 11.2 Å². The molecule has 0 aliphatic carbocycles. The number of aliphatic carboxylic acids is 1. The Kier molecular flexibility index (Phi) is 5.69. The van der Waals surface area contributed by atoms with Crippen molar-refractivity contribution in [1.29, 1.82) is 0 Å². The third-order valence-electron chi connectivity index (χ3n) is 3.30. The molecule has 0 aliphatic heterocycles. The van der Waals surface area contributed by atoms with E-state index in [1.807, 2.05) is 24.3 Å². The first-order chi connectivity index (χ1) is 8.08. The number of hydrogen-bond donors (Lipinski definition) is 1. The fraction of sp³-hybridized carbons (Fsp3) is 0.500. The van der Waals surface area contributed by atoms with Crippen molar-refractivity contribution < 1.29 is 9.90 Å². The minimum Gasteiger partial charge on any atom is -0.481 e. The van der Waals surface area contributed by atoms with E-state index < -0.39 is 5.97 Å². The highest BCUT2D eigenvalue weighted by molar-refractivity contribution is 9.10. The van der Waals surface area contributed by atoms with Gasteiger partial charge in [-0.1, -0.05) is 54.8 Å². The summed E-state index contributed by atoms with van der Waals surface area (Å²) < 4.78 is 1.02. The minimum atomic E-state index is -0.679. The quantitative estimate of drug-likeness (QED) is 0.857. The molecule has 2 nitrogen and oxygen atoms in total. The monoisotopic (exact) mass is 298 g/mol. The molecule has 0 aliphatic rings. The molecule has 1 atom stereocenters. The Morgan fingerprint density at radius 3 is 2.18 bits per heavy atom. The lowest BCUT2D eigenvalue weighted by molar-refractivity contribution is -0.143. The van der Waals surface area contributed by atoms with Crippen LogP contribution in [0.3, 0.4) is 0 Å². The van der Waals surface area contributed by atoms with Gasteiger partial charge in [0.25, 0.3) is 0 Å². The highest BCUT2D eigenvalue weighted by atomic mass is 79.9. The van der Waals surface area contributed by atoms with Crippen molar-refractivity contribution in [1.82, 2.24) is 0 Å². The van der Waals surface area contributed by atoms with Crippen molar-refractivity contribution in [2.75, 3.05) is 0 Å². The molecule has 0 saturated carbocycles. The topological polar surface area (TPSA) is 37.3 Å². The Bertz CT molecular complexity index is 355. The van der Waals surface area contributed by atoms with Gasteiger partial charge in [0.15, 0.2) is 0 Å². The van der Waals surface area contributed by atoms with Gasteiger partial charge >= 0.3 is 5.97 Å². The van der Waals surface area contributed by atoms with E-state index in [4.69, 9.17) is 0 Å². The number of carboxylic acids is 1. The molecule has 0 bridgehead atoms. The third-order valence-corrected chi connectivity index (χ3v) is 3.83. The summed E-state index contributed by atoms with van der Waals surface area (Å²) in [5.74, 6) is -0.691. The molecule has 0 amide bonds. The molecular formula is C14H19BrO2. The Hall–Kier alpha value is -0.830. The van der Waals surface area contributed by atoms with Crippen LogP contribution in [-0.4, -0.2) is 11.1 Å². The standard InChI is InChI=1S/C14H19BrO2/c1-3-11(4-2)13(14(16)17)9-10-5-7-12(15)8-6-10/h5-8,11,13H,3-4,9H2,1-2H3,(H,16,17). The molecule has 3 heteroatoms. The fourth-order valence-electron chi connectivity index (χ4n) is 2.19. The number of carboxylic acid groups (broad SMARTS) is 1. The summed E-state index contributed by atoms with van der Waals surface area (Å²) in [5.41, 5.74) is 1.09. The van der Waals surface area contributed by atoms with Gasteiger partial charge in [-0.25, -0.2) is 0 Å². The summed E-state index contributed by atoms with van der Waals surface area (Å²) in [6.07, 6.45) is 2.46. The molecule has 1 unspecified atom stereocenters. The molecule has 0 saturated heterocycles. The Morgan fingerprint density at radius 2 is 1.76 bits per heavy atom. The van der Waals surface area contributed by atoms with E-state index in [0.29, 0.717) is 6.42 Å². The van der Waals surface area contributed by atoms with Crippen LogP contribution in [0, 0.1) is 11.8 Å². The smallest absolute Gasteiger partial charge is 0.307 e. The highest BCUT2D eigenvalue weighted by Crippen LogP contribution is 2.24. The lowest BCUT2D eigenvalue weighted by atomic mass is 9.83. The summed E-state index contributed by atoms with van der Waals surface area (Å²) in [7, 11) is 0. The second-order valence-electron chi connectivity index (χ2n) is 4.35. The largest absolute Gasteiger partial charge is 0.481 e. The summed E-state index contributed by atoms with van der Waals surface area (Å²) in [5, 5.41) is 9.31. The van der Waals surface area contributed by atoms with Crippen molar-refractivity contribution in [3.63, 3.8) is 0 Å². The second-order valence-corrected chi connectivity index (χ2v) is 5.27. The molecule has 0 aromatic heterocycles. The van der Waals surface area contributed by atoms with Gasteiger partial charge in [0, 0.05) is 4.47 Å². The maximum atomic E-state index is 11.3. The Morgan fingerprint density at radius 1 is 1.24 bits per heavy atom. The molecule has 94 valence electrons. The first-order valence-electron chi connectivity index (χ1n) is 6.05. The van der Waals surface area contributed by atoms with E-state index in [-0.39, 0.29) is 11.8 Å². The first-order valence-corrected chi connectivity index (χ1v) is 6.85. The lowest BCUT2D eigenvalue weighted by Gasteiger charge is -2.21. The van der Waals surface area contributed by atoms with Crippen LogP contribution in [0.1, 0.15) is 32.3 Å². The van der Waals surface area contributed by atoms with Crippen LogP contribution in [0.15, 0.2) is 28.7 Å². The molecule has 1 rings (SSSR count). The van der Waals surface area contributed by atoms with Crippen molar-refractivity contribution in [3.05, 3.63) is 34.3 Å². The number of rotatable bonds is 6. The maximum Gasteiger partial charge on any atom is 0.307 e. The predicted molar refractivity (Wildman–Crippen MR) is 73.0 cm³/mol. The van der Waals surface area contributed by atoms with Crippen molar-refractivity contribution in [2.45, 2.75) is 33.1 Å². The van der Waals surface area contributed by atoms with E-state index in [1.54, 1.807) is 0 Å². The van der Waals surface area contributed by atoms with Gasteiger partial charge in [0.2, 0.25) is 0 Å². The number of hydrogen-bond acceptors (Lipinski definition) is 1. The average molecular weight is 299 g/mol.